The minimum Gasteiger partial charge on any atom is -0.481 e. The lowest BCUT2D eigenvalue weighted by molar-refractivity contribution is -0.146. The summed E-state index contributed by atoms with van der Waals surface area (Å²) >= 11 is 7.47. The molecule has 0 radical (unpaired) electrons. The van der Waals surface area contributed by atoms with Gasteiger partial charge in [-0.05, 0) is 31.0 Å². The molecule has 1 saturated heterocycles. The molecule has 1 aromatic carbocycles. The molecule has 1 fully saturated rings. The second-order valence-corrected chi connectivity index (χ2v) is 7.00. The number of halogens is 1. The Labute approximate surface area is 132 Å². The Morgan fingerprint density at radius 3 is 2.76 bits per heavy atom. The molecule has 1 atom stereocenters. The van der Waals surface area contributed by atoms with Crippen LogP contribution in [0.2, 0.25) is 5.02 Å². The molecule has 110 valence electrons. The fraction of sp³-hybridized carbons (Fsp3) is 0.333. The van der Waals surface area contributed by atoms with E-state index in [0.717, 1.165) is 22.1 Å². The first kappa shape index (κ1) is 14.4. The number of benzene rings is 1. The van der Waals surface area contributed by atoms with Crippen LogP contribution < -0.4 is 4.90 Å². The Hall–Kier alpha value is -1.59. The van der Waals surface area contributed by atoms with Crippen molar-refractivity contribution in [3.05, 3.63) is 35.5 Å². The van der Waals surface area contributed by atoms with Crippen LogP contribution >= 0.6 is 22.9 Å². The molecule has 2 heterocycles. The second-order valence-electron chi connectivity index (χ2n) is 5.55. The Morgan fingerprint density at radius 2 is 2.14 bits per heavy atom. The van der Waals surface area contributed by atoms with Crippen molar-refractivity contribution in [1.29, 1.82) is 0 Å². The van der Waals surface area contributed by atoms with E-state index in [1.807, 2.05) is 30.5 Å². The highest BCUT2D eigenvalue weighted by Crippen LogP contribution is 2.37. The lowest BCUT2D eigenvalue weighted by atomic mass is 9.90. The summed E-state index contributed by atoms with van der Waals surface area (Å²) in [5.74, 6) is -0.737. The summed E-state index contributed by atoms with van der Waals surface area (Å²) in [5, 5.41) is 10.9. The van der Waals surface area contributed by atoms with Crippen molar-refractivity contribution in [3.63, 3.8) is 0 Å². The van der Waals surface area contributed by atoms with Gasteiger partial charge in [0.05, 0.1) is 10.3 Å². The van der Waals surface area contributed by atoms with Gasteiger partial charge >= 0.3 is 5.97 Å². The van der Waals surface area contributed by atoms with Gasteiger partial charge in [0.25, 0.3) is 0 Å². The fourth-order valence-electron chi connectivity index (χ4n) is 2.46. The molecule has 1 aliphatic heterocycles. The van der Waals surface area contributed by atoms with Gasteiger partial charge in [-0.15, -0.1) is 0 Å². The molecule has 0 spiro atoms. The third kappa shape index (κ3) is 2.76. The maximum atomic E-state index is 11.3. The molecule has 0 aliphatic carbocycles. The molecule has 6 heteroatoms. The predicted octanol–water partition coefficient (Wildman–Crippen LogP) is 3.76. The zero-order valence-electron chi connectivity index (χ0n) is 11.5. The number of hydrogen-bond acceptors (Lipinski definition) is 4. The van der Waals surface area contributed by atoms with Gasteiger partial charge in [0.2, 0.25) is 0 Å². The molecule has 21 heavy (non-hydrogen) atoms. The Morgan fingerprint density at radius 1 is 1.43 bits per heavy atom. The summed E-state index contributed by atoms with van der Waals surface area (Å²) in [7, 11) is 0. The molecule has 3 rings (SSSR count). The van der Waals surface area contributed by atoms with Gasteiger partial charge in [0, 0.05) is 24.3 Å². The van der Waals surface area contributed by atoms with Crippen LogP contribution in [0.25, 0.3) is 10.4 Å². The number of rotatable bonds is 3. The number of carboxylic acids is 1. The first-order valence-electron chi connectivity index (χ1n) is 6.68. The maximum absolute atomic E-state index is 11.3. The van der Waals surface area contributed by atoms with E-state index in [4.69, 9.17) is 11.6 Å². The van der Waals surface area contributed by atoms with Gasteiger partial charge in [-0.3, -0.25) is 4.79 Å². The largest absolute Gasteiger partial charge is 0.481 e. The van der Waals surface area contributed by atoms with Crippen molar-refractivity contribution in [1.82, 2.24) is 4.98 Å². The number of carboxylic acid groups (broad SMARTS) is 1. The first-order valence-corrected chi connectivity index (χ1v) is 7.87. The summed E-state index contributed by atoms with van der Waals surface area (Å²) in [6.07, 6.45) is 2.48. The SMILES string of the molecule is CC1(C(=O)O)CCN(c2ncc(-c3ccc(Cl)cc3)s2)C1. The molecule has 0 saturated carbocycles. The molecule has 1 aliphatic rings. The molecule has 1 N–H and O–H groups in total. The van der Waals surface area contributed by atoms with Crippen LogP contribution in [0.1, 0.15) is 13.3 Å². The van der Waals surface area contributed by atoms with Crippen molar-refractivity contribution in [2.45, 2.75) is 13.3 Å². The van der Waals surface area contributed by atoms with Gasteiger partial charge in [-0.25, -0.2) is 4.98 Å². The highest BCUT2D eigenvalue weighted by atomic mass is 35.5. The highest BCUT2D eigenvalue weighted by Gasteiger charge is 2.41. The number of hydrogen-bond donors (Lipinski definition) is 1. The van der Waals surface area contributed by atoms with Gasteiger partial charge < -0.3 is 10.0 Å². The zero-order chi connectivity index (χ0) is 15.0. The van der Waals surface area contributed by atoms with Crippen molar-refractivity contribution in [2.24, 2.45) is 5.41 Å². The molecule has 0 bridgehead atoms. The summed E-state index contributed by atoms with van der Waals surface area (Å²) in [5.41, 5.74) is 0.398. The third-order valence-electron chi connectivity index (χ3n) is 3.88. The molecule has 2 aromatic rings. The van der Waals surface area contributed by atoms with Crippen molar-refractivity contribution >= 4 is 34.0 Å². The Balaban J connectivity index is 1.80. The normalized spacial score (nSPS) is 21.7. The van der Waals surface area contributed by atoms with Crippen molar-refractivity contribution < 1.29 is 9.90 Å². The standard InChI is InChI=1S/C15H15ClN2O2S/c1-15(13(19)20)6-7-18(9-15)14-17-8-12(21-14)10-2-4-11(16)5-3-10/h2-5,8H,6-7,9H2,1H3,(H,19,20). The minimum absolute atomic E-state index is 0.510. The summed E-state index contributed by atoms with van der Waals surface area (Å²) in [4.78, 5) is 18.9. The smallest absolute Gasteiger partial charge is 0.311 e. The van der Waals surface area contributed by atoms with E-state index < -0.39 is 11.4 Å². The van der Waals surface area contributed by atoms with Gasteiger partial charge in [0.15, 0.2) is 5.13 Å². The van der Waals surface area contributed by atoms with E-state index >= 15 is 0 Å². The first-order chi connectivity index (χ1) is 9.98. The molecule has 1 aromatic heterocycles. The van der Waals surface area contributed by atoms with Crippen LogP contribution in [0.3, 0.4) is 0 Å². The lowest BCUT2D eigenvalue weighted by Crippen LogP contribution is -2.31. The van der Waals surface area contributed by atoms with E-state index in [9.17, 15) is 9.90 Å². The summed E-state index contributed by atoms with van der Waals surface area (Å²) in [6, 6.07) is 7.64. The zero-order valence-corrected chi connectivity index (χ0v) is 13.1. The lowest BCUT2D eigenvalue weighted by Gasteiger charge is -2.19. The number of thiazole rings is 1. The Bertz CT molecular complexity index is 671. The van der Waals surface area contributed by atoms with Crippen LogP contribution in [0, 0.1) is 5.41 Å². The topological polar surface area (TPSA) is 53.4 Å². The number of anilines is 1. The van der Waals surface area contributed by atoms with E-state index in [1.54, 1.807) is 18.3 Å². The molecule has 4 nitrogen and oxygen atoms in total. The molecular formula is C15H15ClN2O2S. The molecule has 1 unspecified atom stereocenters. The van der Waals surface area contributed by atoms with Crippen LogP contribution in [-0.2, 0) is 4.79 Å². The average molecular weight is 323 g/mol. The minimum atomic E-state index is -0.737. The van der Waals surface area contributed by atoms with Gasteiger partial charge in [-0.2, -0.15) is 0 Å². The quantitative estimate of drug-likeness (QED) is 0.934. The van der Waals surface area contributed by atoms with E-state index in [2.05, 4.69) is 9.88 Å². The summed E-state index contributed by atoms with van der Waals surface area (Å²) < 4.78 is 0. The predicted molar refractivity (Wildman–Crippen MR) is 85.1 cm³/mol. The summed E-state index contributed by atoms with van der Waals surface area (Å²) in [6.45, 7) is 3.04. The maximum Gasteiger partial charge on any atom is 0.311 e. The number of carbonyl (C=O) groups is 1. The number of aromatic nitrogens is 1. The van der Waals surface area contributed by atoms with Crippen LogP contribution in [0.4, 0.5) is 5.13 Å². The number of nitrogens with zero attached hydrogens (tertiary/aromatic N) is 2. The van der Waals surface area contributed by atoms with Crippen LogP contribution in [0.15, 0.2) is 30.5 Å². The highest BCUT2D eigenvalue weighted by molar-refractivity contribution is 7.18. The number of aliphatic carboxylic acids is 1. The van der Waals surface area contributed by atoms with Crippen molar-refractivity contribution in [3.8, 4) is 10.4 Å². The van der Waals surface area contributed by atoms with Gasteiger partial charge in [-0.1, -0.05) is 35.1 Å². The average Bonchev–Trinajstić information content (AvgIpc) is 3.07. The van der Waals surface area contributed by atoms with E-state index in [1.165, 1.54) is 0 Å². The van der Waals surface area contributed by atoms with E-state index in [-0.39, 0.29) is 0 Å². The van der Waals surface area contributed by atoms with Crippen LogP contribution in [0.5, 0.6) is 0 Å². The second kappa shape index (κ2) is 5.31. The molecule has 0 amide bonds. The van der Waals surface area contributed by atoms with Crippen molar-refractivity contribution in [2.75, 3.05) is 18.0 Å². The van der Waals surface area contributed by atoms with Gasteiger partial charge in [0.1, 0.15) is 0 Å². The monoisotopic (exact) mass is 322 g/mol. The fourth-order valence-corrected chi connectivity index (χ4v) is 3.53. The molecular weight excluding hydrogens is 308 g/mol. The van der Waals surface area contributed by atoms with Crippen LogP contribution in [-0.4, -0.2) is 29.1 Å². The third-order valence-corrected chi connectivity index (χ3v) is 5.24. The Kier molecular flexibility index (Phi) is 3.63. The van der Waals surface area contributed by atoms with E-state index in [0.29, 0.717) is 18.0 Å².